The Balaban J connectivity index is 1.05. The molecule has 290 valence electrons. The highest BCUT2D eigenvalue weighted by atomic mass is 15.0. The van der Waals surface area contributed by atoms with Gasteiger partial charge in [0.1, 0.15) is 0 Å². The summed E-state index contributed by atoms with van der Waals surface area (Å²) in [5.74, 6) is 0.753. The molecule has 5 heteroatoms. The summed E-state index contributed by atoms with van der Waals surface area (Å²) < 4.78 is 42.9. The summed E-state index contributed by atoms with van der Waals surface area (Å²) in [6, 6.07) is 66.1. The summed E-state index contributed by atoms with van der Waals surface area (Å²) in [5.41, 5.74) is 10.5. The van der Waals surface area contributed by atoms with Crippen LogP contribution in [0.15, 0.2) is 224 Å². The lowest BCUT2D eigenvalue weighted by molar-refractivity contribution is 1.07. The van der Waals surface area contributed by atoms with Crippen molar-refractivity contribution in [3.63, 3.8) is 0 Å². The van der Waals surface area contributed by atoms with E-state index in [1.165, 1.54) is 0 Å². The lowest BCUT2D eigenvalue weighted by Gasteiger charge is -2.11. The van der Waals surface area contributed by atoms with E-state index in [0.717, 1.165) is 82.7 Å². The molecule has 0 unspecified atom stereocenters. The SMILES string of the molecule is [2H]c1c([2H])c(-n2c3ccccc3c3cc4c(cc32)c2ccccc2n4-c2ccccc2)c([2H])c([2H])c1-c1nc(-c2ccc(-c3ccccc3)cc2)nc(-c2ccc(-c3ccccc3)cc2)n1. The highest BCUT2D eigenvalue weighted by Gasteiger charge is 2.19. The van der Waals surface area contributed by atoms with E-state index in [9.17, 15) is 5.48 Å². The third-order valence-corrected chi connectivity index (χ3v) is 11.7. The second-order valence-corrected chi connectivity index (χ2v) is 15.3. The number of rotatable bonds is 7. The first kappa shape index (κ1) is 31.5. The first-order valence-electron chi connectivity index (χ1n) is 22.6. The van der Waals surface area contributed by atoms with E-state index in [1.807, 2.05) is 144 Å². The minimum atomic E-state index is -0.249. The number of aromatic nitrogens is 5. The fourth-order valence-corrected chi connectivity index (χ4v) is 8.69. The lowest BCUT2D eigenvalue weighted by Crippen LogP contribution is -2.00. The second-order valence-electron chi connectivity index (χ2n) is 15.3. The van der Waals surface area contributed by atoms with Crippen LogP contribution in [-0.4, -0.2) is 24.1 Å². The summed E-state index contributed by atoms with van der Waals surface area (Å²) in [7, 11) is 0. The van der Waals surface area contributed by atoms with Crippen LogP contribution in [0.4, 0.5) is 0 Å². The molecule has 0 bridgehead atoms. The third-order valence-electron chi connectivity index (χ3n) is 11.7. The summed E-state index contributed by atoms with van der Waals surface area (Å²) in [4.78, 5) is 14.8. The van der Waals surface area contributed by atoms with Crippen molar-refractivity contribution >= 4 is 43.6 Å². The molecule has 0 atom stereocenters. The Morgan fingerprint density at radius 1 is 0.274 bits per heavy atom. The Morgan fingerprint density at radius 3 is 1.10 bits per heavy atom. The topological polar surface area (TPSA) is 48.5 Å². The van der Waals surface area contributed by atoms with Crippen molar-refractivity contribution in [3.8, 4) is 67.8 Å². The van der Waals surface area contributed by atoms with Gasteiger partial charge in [0, 0.05) is 49.6 Å². The Morgan fingerprint density at radius 2 is 0.629 bits per heavy atom. The third kappa shape index (κ3) is 6.06. The van der Waals surface area contributed by atoms with Crippen LogP contribution in [0, 0.1) is 0 Å². The minimum Gasteiger partial charge on any atom is -0.309 e. The standard InChI is InChI=1S/C57H37N5/c1-4-14-38(15-5-1)40-24-28-42(29-25-40)55-58-56(43-30-26-41(27-31-43)39-16-6-2-7-17-39)60-57(59-55)44-32-34-46(35-33-44)62-52-23-13-11-21-48(52)50-36-53-49(37-54(50)62)47-20-10-12-22-51(47)61(53)45-18-8-3-9-19-45/h1-37H/i32D,33D,34D,35D. The van der Waals surface area contributed by atoms with Crippen molar-refractivity contribution in [2.45, 2.75) is 0 Å². The number of fused-ring (bicyclic) bond motifs is 6. The second kappa shape index (κ2) is 14.7. The van der Waals surface area contributed by atoms with Gasteiger partial charge in [0.25, 0.3) is 0 Å². The van der Waals surface area contributed by atoms with Gasteiger partial charge in [-0.15, -0.1) is 0 Å². The fraction of sp³-hybridized carbons (Fsp3) is 0. The van der Waals surface area contributed by atoms with Crippen molar-refractivity contribution in [3.05, 3.63) is 224 Å². The van der Waals surface area contributed by atoms with Gasteiger partial charge in [0.05, 0.1) is 27.5 Å². The molecule has 0 aliphatic carbocycles. The highest BCUT2D eigenvalue weighted by Crippen LogP contribution is 2.40. The normalized spacial score (nSPS) is 12.5. The average molecular weight is 796 g/mol. The molecule has 3 aromatic heterocycles. The van der Waals surface area contributed by atoms with Gasteiger partial charge < -0.3 is 9.13 Å². The molecule has 0 amide bonds. The predicted molar refractivity (Wildman–Crippen MR) is 256 cm³/mol. The fourth-order valence-electron chi connectivity index (χ4n) is 8.69. The molecule has 3 heterocycles. The molecule has 0 N–H and O–H groups in total. The van der Waals surface area contributed by atoms with Crippen LogP contribution < -0.4 is 0 Å². The summed E-state index contributed by atoms with van der Waals surface area (Å²) in [5, 5.41) is 3.94. The molecule has 12 aromatic rings. The smallest absolute Gasteiger partial charge is 0.164 e. The number of hydrogen-bond acceptors (Lipinski definition) is 3. The largest absolute Gasteiger partial charge is 0.309 e. The number of para-hydroxylation sites is 3. The molecule has 0 spiro atoms. The van der Waals surface area contributed by atoms with E-state index in [0.29, 0.717) is 11.6 Å². The van der Waals surface area contributed by atoms with E-state index >= 15 is 0 Å². The first-order valence-corrected chi connectivity index (χ1v) is 20.6. The predicted octanol–water partition coefficient (Wildman–Crippen LogP) is 14.4. The van der Waals surface area contributed by atoms with Gasteiger partial charge in [-0.1, -0.05) is 164 Å². The van der Waals surface area contributed by atoms with Crippen molar-refractivity contribution in [1.82, 2.24) is 24.1 Å². The van der Waals surface area contributed by atoms with E-state index in [2.05, 4.69) is 65.2 Å². The maximum absolute atomic E-state index is 9.72. The summed E-state index contributed by atoms with van der Waals surface area (Å²) in [6.45, 7) is 0. The molecule has 5 nitrogen and oxygen atoms in total. The van der Waals surface area contributed by atoms with Gasteiger partial charge >= 0.3 is 0 Å². The van der Waals surface area contributed by atoms with Crippen LogP contribution in [0.2, 0.25) is 0 Å². The van der Waals surface area contributed by atoms with Crippen molar-refractivity contribution in [2.75, 3.05) is 0 Å². The molecular formula is C57H37N5. The van der Waals surface area contributed by atoms with E-state index in [4.69, 9.17) is 15.0 Å². The van der Waals surface area contributed by atoms with Crippen molar-refractivity contribution in [2.24, 2.45) is 0 Å². The lowest BCUT2D eigenvalue weighted by atomic mass is 10.0. The molecule has 12 rings (SSSR count). The highest BCUT2D eigenvalue weighted by molar-refractivity contribution is 6.19. The van der Waals surface area contributed by atoms with Gasteiger partial charge in [0.15, 0.2) is 17.5 Å². The molecule has 0 aliphatic rings. The van der Waals surface area contributed by atoms with E-state index in [1.54, 1.807) is 0 Å². The van der Waals surface area contributed by atoms with Gasteiger partial charge in [-0.2, -0.15) is 0 Å². The van der Waals surface area contributed by atoms with Gasteiger partial charge in [-0.3, -0.25) is 0 Å². The average Bonchev–Trinajstić information content (AvgIpc) is 3.87. The zero-order valence-electron chi connectivity index (χ0n) is 37.3. The quantitative estimate of drug-likeness (QED) is 0.161. The molecule has 0 aliphatic heterocycles. The van der Waals surface area contributed by atoms with Crippen LogP contribution in [0.3, 0.4) is 0 Å². The van der Waals surface area contributed by atoms with Crippen LogP contribution >= 0.6 is 0 Å². The summed E-state index contributed by atoms with van der Waals surface area (Å²) in [6.07, 6.45) is 0. The Hall–Kier alpha value is -8.41. The number of hydrogen-bond donors (Lipinski definition) is 0. The maximum atomic E-state index is 9.72. The molecule has 0 radical (unpaired) electrons. The molecule has 62 heavy (non-hydrogen) atoms. The zero-order valence-corrected chi connectivity index (χ0v) is 33.3. The van der Waals surface area contributed by atoms with Crippen LogP contribution in [-0.2, 0) is 0 Å². The van der Waals surface area contributed by atoms with Gasteiger partial charge in [-0.05, 0) is 82.8 Å². The van der Waals surface area contributed by atoms with Crippen LogP contribution in [0.5, 0.6) is 0 Å². The van der Waals surface area contributed by atoms with E-state index < -0.39 is 0 Å². The maximum Gasteiger partial charge on any atom is 0.164 e. The molecular weight excluding hydrogens is 755 g/mol. The number of benzene rings is 9. The summed E-state index contributed by atoms with van der Waals surface area (Å²) >= 11 is 0. The Labute approximate surface area is 364 Å². The monoisotopic (exact) mass is 795 g/mol. The Kier molecular flexibility index (Phi) is 7.47. The number of nitrogens with zero attached hydrogens (tertiary/aromatic N) is 5. The van der Waals surface area contributed by atoms with Crippen molar-refractivity contribution < 1.29 is 5.48 Å². The molecule has 0 saturated heterocycles. The zero-order chi connectivity index (χ0) is 44.5. The molecule has 9 aromatic carbocycles. The van der Waals surface area contributed by atoms with Gasteiger partial charge in [-0.25, -0.2) is 15.0 Å². The van der Waals surface area contributed by atoms with Crippen molar-refractivity contribution in [1.29, 1.82) is 0 Å². The van der Waals surface area contributed by atoms with E-state index in [-0.39, 0.29) is 41.2 Å². The molecule has 0 saturated carbocycles. The van der Waals surface area contributed by atoms with Crippen LogP contribution in [0.1, 0.15) is 5.48 Å². The van der Waals surface area contributed by atoms with Crippen LogP contribution in [0.25, 0.3) is 111 Å². The van der Waals surface area contributed by atoms with Gasteiger partial charge in [0.2, 0.25) is 0 Å². The Bertz CT molecular complexity index is 3700. The minimum absolute atomic E-state index is 0.00505. The first-order chi connectivity index (χ1) is 32.4. The molecule has 0 fully saturated rings.